The van der Waals surface area contributed by atoms with E-state index < -0.39 is 0 Å². The van der Waals surface area contributed by atoms with E-state index in [-0.39, 0.29) is 5.91 Å². The van der Waals surface area contributed by atoms with Gasteiger partial charge in [-0.2, -0.15) is 5.10 Å². The Kier molecular flexibility index (Phi) is 4.07. The SMILES string of the molecule is O=C(c1cc(C2CC2)nn1-c1ccccc1)N1CCC[C@@H]2CCCC[C@H]21. The molecule has 1 aromatic heterocycles. The van der Waals surface area contributed by atoms with Gasteiger partial charge < -0.3 is 4.90 Å². The minimum Gasteiger partial charge on any atom is -0.334 e. The highest BCUT2D eigenvalue weighted by molar-refractivity contribution is 5.93. The molecule has 3 fully saturated rings. The van der Waals surface area contributed by atoms with Crippen molar-refractivity contribution in [1.29, 1.82) is 0 Å². The Morgan fingerprint density at radius 1 is 0.962 bits per heavy atom. The monoisotopic (exact) mass is 349 g/mol. The van der Waals surface area contributed by atoms with Gasteiger partial charge in [0.05, 0.1) is 11.4 Å². The van der Waals surface area contributed by atoms with Crippen LogP contribution in [0.2, 0.25) is 0 Å². The van der Waals surface area contributed by atoms with Crippen LogP contribution in [0.4, 0.5) is 0 Å². The van der Waals surface area contributed by atoms with Crippen LogP contribution < -0.4 is 0 Å². The molecule has 1 aromatic carbocycles. The number of carbonyl (C=O) groups is 1. The molecule has 2 aliphatic carbocycles. The van der Waals surface area contributed by atoms with Crippen LogP contribution in [-0.2, 0) is 0 Å². The summed E-state index contributed by atoms with van der Waals surface area (Å²) in [7, 11) is 0. The van der Waals surface area contributed by atoms with Gasteiger partial charge >= 0.3 is 0 Å². The maximum atomic E-state index is 13.6. The van der Waals surface area contributed by atoms with Crippen molar-refractivity contribution >= 4 is 5.91 Å². The van der Waals surface area contributed by atoms with Crippen LogP contribution in [0.25, 0.3) is 5.69 Å². The van der Waals surface area contributed by atoms with Crippen LogP contribution in [0.5, 0.6) is 0 Å². The van der Waals surface area contributed by atoms with Crippen LogP contribution in [0.3, 0.4) is 0 Å². The van der Waals surface area contributed by atoms with Gasteiger partial charge in [-0.25, -0.2) is 4.68 Å². The van der Waals surface area contributed by atoms with Gasteiger partial charge in [0.15, 0.2) is 0 Å². The van der Waals surface area contributed by atoms with Crippen molar-refractivity contribution in [2.75, 3.05) is 6.54 Å². The molecule has 0 radical (unpaired) electrons. The standard InChI is InChI=1S/C22H27N3O/c26-22(24-14-6-8-17-7-4-5-11-20(17)24)21-15-19(16-12-13-16)23-25(21)18-9-2-1-3-10-18/h1-3,9-10,15-17,20H,4-8,11-14H2/t17-,20+/m0/s1. The summed E-state index contributed by atoms with van der Waals surface area (Å²) in [5.41, 5.74) is 2.83. The molecular weight excluding hydrogens is 322 g/mol. The molecular formula is C22H27N3O. The predicted molar refractivity (Wildman–Crippen MR) is 102 cm³/mol. The van der Waals surface area contributed by atoms with Gasteiger partial charge in [0, 0.05) is 18.5 Å². The van der Waals surface area contributed by atoms with E-state index in [1.54, 1.807) is 0 Å². The highest BCUT2D eigenvalue weighted by Crippen LogP contribution is 2.40. The van der Waals surface area contributed by atoms with Crippen molar-refractivity contribution in [1.82, 2.24) is 14.7 Å². The van der Waals surface area contributed by atoms with Gasteiger partial charge in [0.25, 0.3) is 5.91 Å². The number of hydrogen-bond acceptors (Lipinski definition) is 2. The lowest BCUT2D eigenvalue weighted by Gasteiger charge is -2.44. The number of hydrogen-bond donors (Lipinski definition) is 0. The first-order valence-corrected chi connectivity index (χ1v) is 10.3. The molecule has 5 rings (SSSR count). The number of aromatic nitrogens is 2. The molecule has 1 saturated heterocycles. The second-order valence-electron chi connectivity index (χ2n) is 8.23. The van der Waals surface area contributed by atoms with E-state index in [0.717, 1.165) is 30.0 Å². The Morgan fingerprint density at radius 3 is 2.54 bits per heavy atom. The van der Waals surface area contributed by atoms with Crippen molar-refractivity contribution in [3.05, 3.63) is 47.8 Å². The number of rotatable bonds is 3. The lowest BCUT2D eigenvalue weighted by atomic mass is 9.78. The molecule has 0 spiro atoms. The molecule has 0 N–H and O–H groups in total. The first kappa shape index (κ1) is 16.1. The number of carbonyl (C=O) groups excluding carboxylic acids is 1. The fourth-order valence-electron chi connectivity index (χ4n) is 4.92. The van der Waals surface area contributed by atoms with E-state index in [2.05, 4.69) is 11.0 Å². The first-order valence-electron chi connectivity index (χ1n) is 10.3. The first-order chi connectivity index (χ1) is 12.8. The normalized spacial score (nSPS) is 25.8. The van der Waals surface area contributed by atoms with Gasteiger partial charge in [-0.1, -0.05) is 31.0 Å². The molecule has 26 heavy (non-hydrogen) atoms. The maximum Gasteiger partial charge on any atom is 0.272 e. The Labute approximate surface area is 155 Å². The zero-order valence-electron chi connectivity index (χ0n) is 15.3. The minimum absolute atomic E-state index is 0.185. The Balaban J connectivity index is 1.51. The van der Waals surface area contributed by atoms with Crippen LogP contribution in [-0.4, -0.2) is 33.2 Å². The van der Waals surface area contributed by atoms with Crippen molar-refractivity contribution < 1.29 is 4.79 Å². The third-order valence-corrected chi connectivity index (χ3v) is 6.45. The third kappa shape index (κ3) is 2.85. The van der Waals surface area contributed by atoms with Gasteiger partial charge in [0.1, 0.15) is 5.69 Å². The summed E-state index contributed by atoms with van der Waals surface area (Å²) in [4.78, 5) is 15.8. The summed E-state index contributed by atoms with van der Waals surface area (Å²) in [6.45, 7) is 0.902. The Hall–Kier alpha value is -2.10. The van der Waals surface area contributed by atoms with Crippen LogP contribution in [0.15, 0.2) is 36.4 Å². The molecule has 136 valence electrons. The van der Waals surface area contributed by atoms with Gasteiger partial charge in [-0.05, 0) is 62.6 Å². The molecule has 0 bridgehead atoms. The average molecular weight is 349 g/mol. The van der Waals surface area contributed by atoms with Crippen molar-refractivity contribution in [2.45, 2.75) is 63.3 Å². The summed E-state index contributed by atoms with van der Waals surface area (Å²) >= 11 is 0. The summed E-state index contributed by atoms with van der Waals surface area (Å²) in [5, 5.41) is 4.83. The fourth-order valence-corrected chi connectivity index (χ4v) is 4.92. The number of fused-ring (bicyclic) bond motifs is 1. The smallest absolute Gasteiger partial charge is 0.272 e. The number of benzene rings is 1. The van der Waals surface area contributed by atoms with E-state index in [1.807, 2.05) is 35.0 Å². The second kappa shape index (κ2) is 6.57. The number of amides is 1. The molecule has 0 unspecified atom stereocenters. The van der Waals surface area contributed by atoms with Crippen molar-refractivity contribution in [3.63, 3.8) is 0 Å². The lowest BCUT2D eigenvalue weighted by molar-refractivity contribution is 0.0382. The van der Waals surface area contributed by atoms with Crippen molar-refractivity contribution in [2.24, 2.45) is 5.92 Å². The summed E-state index contributed by atoms with van der Waals surface area (Å²) < 4.78 is 1.89. The number of nitrogens with zero attached hydrogens (tertiary/aromatic N) is 3. The second-order valence-corrected chi connectivity index (χ2v) is 8.23. The minimum atomic E-state index is 0.185. The zero-order chi connectivity index (χ0) is 17.5. The van der Waals surface area contributed by atoms with Crippen LogP contribution >= 0.6 is 0 Å². The molecule has 2 saturated carbocycles. The molecule has 4 nitrogen and oxygen atoms in total. The quantitative estimate of drug-likeness (QED) is 0.815. The molecule has 1 aliphatic heterocycles. The molecule has 1 amide bonds. The van der Waals surface area contributed by atoms with E-state index in [4.69, 9.17) is 5.10 Å². The van der Waals surface area contributed by atoms with E-state index in [1.165, 1.54) is 44.9 Å². The molecule has 2 heterocycles. The highest BCUT2D eigenvalue weighted by atomic mass is 16.2. The third-order valence-electron chi connectivity index (χ3n) is 6.45. The Morgan fingerprint density at radius 2 is 1.73 bits per heavy atom. The summed E-state index contributed by atoms with van der Waals surface area (Å²) in [5.74, 6) is 1.44. The maximum absolute atomic E-state index is 13.6. The van der Waals surface area contributed by atoms with E-state index >= 15 is 0 Å². The number of piperidine rings is 1. The predicted octanol–water partition coefficient (Wildman–Crippen LogP) is 4.54. The molecule has 4 heteroatoms. The summed E-state index contributed by atoms with van der Waals surface area (Å²) in [6.07, 6.45) is 9.89. The van der Waals surface area contributed by atoms with Gasteiger partial charge in [-0.15, -0.1) is 0 Å². The molecule has 3 aliphatic rings. The number of para-hydroxylation sites is 1. The number of likely N-dealkylation sites (tertiary alicyclic amines) is 1. The van der Waals surface area contributed by atoms with Crippen LogP contribution in [0.1, 0.15) is 73.5 Å². The van der Waals surface area contributed by atoms with Gasteiger partial charge in [-0.3, -0.25) is 4.79 Å². The molecule has 2 aromatic rings. The van der Waals surface area contributed by atoms with E-state index in [9.17, 15) is 4.79 Å². The highest BCUT2D eigenvalue weighted by Gasteiger charge is 2.38. The lowest BCUT2D eigenvalue weighted by Crippen LogP contribution is -2.50. The average Bonchev–Trinajstić information content (AvgIpc) is 3.46. The van der Waals surface area contributed by atoms with Gasteiger partial charge in [0.2, 0.25) is 0 Å². The summed E-state index contributed by atoms with van der Waals surface area (Å²) in [6, 6.07) is 12.6. The van der Waals surface area contributed by atoms with E-state index in [0.29, 0.717) is 17.9 Å². The van der Waals surface area contributed by atoms with Crippen LogP contribution in [0, 0.1) is 5.92 Å². The largest absolute Gasteiger partial charge is 0.334 e. The zero-order valence-corrected chi connectivity index (χ0v) is 15.3. The topological polar surface area (TPSA) is 38.1 Å². The Bertz CT molecular complexity index is 791. The fraction of sp³-hybridized carbons (Fsp3) is 0.545. The molecule has 2 atom stereocenters. The van der Waals surface area contributed by atoms with Crippen molar-refractivity contribution in [3.8, 4) is 5.69 Å².